The van der Waals surface area contributed by atoms with Crippen molar-refractivity contribution in [3.05, 3.63) is 0 Å². The summed E-state index contributed by atoms with van der Waals surface area (Å²) in [5, 5.41) is 0. The zero-order valence-corrected chi connectivity index (χ0v) is 20.6. The van der Waals surface area contributed by atoms with E-state index in [1.54, 1.807) is 0 Å². The lowest BCUT2D eigenvalue weighted by molar-refractivity contribution is 0.626. The second-order valence-electron chi connectivity index (χ2n) is 4.24. The van der Waals surface area contributed by atoms with Gasteiger partial charge in [0.25, 0.3) is 0 Å². The molecule has 0 bridgehead atoms. The molecule has 0 aliphatic heterocycles. The van der Waals surface area contributed by atoms with Crippen molar-refractivity contribution in [1.82, 2.24) is 0 Å². The van der Waals surface area contributed by atoms with Gasteiger partial charge in [0, 0.05) is 0 Å². The minimum atomic E-state index is 0.833. The topological polar surface area (TPSA) is 0 Å². The van der Waals surface area contributed by atoms with Crippen molar-refractivity contribution in [3.8, 4) is 0 Å². The molecule has 0 heteroatoms. The SMILES string of the molecule is CC.CC.CC.CC.CC.CC(C)C.CCC.CCC(C)C. The van der Waals surface area contributed by atoms with Gasteiger partial charge in [0.2, 0.25) is 0 Å². The normalized spacial score (nSPS) is 6.00. The van der Waals surface area contributed by atoms with Gasteiger partial charge in [-0.2, -0.15) is 0 Å². The summed E-state index contributed by atoms with van der Waals surface area (Å²) in [5.41, 5.74) is 0. The van der Waals surface area contributed by atoms with E-state index in [2.05, 4.69) is 55.4 Å². The van der Waals surface area contributed by atoms with Crippen LogP contribution in [0.3, 0.4) is 0 Å². The van der Waals surface area contributed by atoms with Crippen LogP contribution in [-0.2, 0) is 0 Å². The fourth-order valence-electron chi connectivity index (χ4n) is 0. The zero-order chi connectivity index (χ0) is 20.6. The molecule has 0 N–H and O–H groups in total. The molecule has 0 fully saturated rings. The number of hydrogen-bond donors (Lipinski definition) is 0. The van der Waals surface area contributed by atoms with Crippen molar-refractivity contribution in [1.29, 1.82) is 0 Å². The largest absolute Gasteiger partial charge is 0.0683 e. The Morgan fingerprint density at radius 2 is 0.500 bits per heavy atom. The van der Waals surface area contributed by atoms with Crippen LogP contribution >= 0.6 is 0 Å². The summed E-state index contributed by atoms with van der Waals surface area (Å²) in [4.78, 5) is 0. The average Bonchev–Trinajstić information content (AvgIpc) is 2.57. The van der Waals surface area contributed by atoms with Gasteiger partial charge < -0.3 is 0 Å². The lowest BCUT2D eigenvalue weighted by Gasteiger charge is -1.90. The lowest BCUT2D eigenvalue weighted by atomic mass is 10.2. The molecule has 0 atom stereocenters. The second kappa shape index (κ2) is 131. The van der Waals surface area contributed by atoms with Gasteiger partial charge in [-0.15, -0.1) is 0 Å². The Bertz CT molecular complexity index is 41.2. The fourth-order valence-corrected chi connectivity index (χ4v) is 0. The van der Waals surface area contributed by atoms with E-state index in [1.165, 1.54) is 12.8 Å². The van der Waals surface area contributed by atoms with Crippen LogP contribution < -0.4 is 0 Å². The lowest BCUT2D eigenvalue weighted by Crippen LogP contribution is -1.77. The Labute approximate surface area is 149 Å². The molecule has 0 rings (SSSR count). The van der Waals surface area contributed by atoms with Gasteiger partial charge in [-0.3, -0.25) is 0 Å². The smallest absolute Gasteiger partial charge is 0.0474 e. The van der Waals surface area contributed by atoms with E-state index in [1.807, 2.05) is 69.2 Å². The maximum atomic E-state index is 2.22. The van der Waals surface area contributed by atoms with Crippen LogP contribution in [0.5, 0.6) is 0 Å². The van der Waals surface area contributed by atoms with E-state index in [0.717, 1.165) is 11.8 Å². The van der Waals surface area contributed by atoms with Gasteiger partial charge >= 0.3 is 0 Å². The second-order valence-corrected chi connectivity index (χ2v) is 4.24. The summed E-state index contributed by atoms with van der Waals surface area (Å²) in [6, 6.07) is 0. The summed E-state index contributed by atoms with van der Waals surface area (Å²) in [5.74, 6) is 1.72. The van der Waals surface area contributed by atoms with Crippen LogP contribution in [0.25, 0.3) is 0 Å². The Hall–Kier alpha value is 0. The third-order valence-corrected chi connectivity index (χ3v) is 0.816. The van der Waals surface area contributed by atoms with Crippen LogP contribution in [0.4, 0.5) is 0 Å². The molecule has 0 unspecified atom stereocenters. The molecular formula is C22H60. The van der Waals surface area contributed by atoms with Gasteiger partial charge in [0.1, 0.15) is 0 Å². The van der Waals surface area contributed by atoms with Gasteiger partial charge in [-0.25, -0.2) is 0 Å². The van der Waals surface area contributed by atoms with Crippen LogP contribution in [0.2, 0.25) is 0 Å². The summed E-state index contributed by atoms with van der Waals surface area (Å²) in [7, 11) is 0. The number of hydrogen-bond acceptors (Lipinski definition) is 0. The molecule has 0 saturated heterocycles. The fraction of sp³-hybridized carbons (Fsp3) is 1.00. The first-order valence-electron chi connectivity index (χ1n) is 10.4. The highest BCUT2D eigenvalue weighted by atomic mass is 13.9. The van der Waals surface area contributed by atoms with E-state index >= 15 is 0 Å². The molecule has 0 aromatic carbocycles. The quantitative estimate of drug-likeness (QED) is 0.450. The van der Waals surface area contributed by atoms with Crippen molar-refractivity contribution in [3.63, 3.8) is 0 Å². The number of rotatable bonds is 1. The van der Waals surface area contributed by atoms with Crippen molar-refractivity contribution in [2.24, 2.45) is 11.8 Å². The Morgan fingerprint density at radius 1 is 0.455 bits per heavy atom. The highest BCUT2D eigenvalue weighted by molar-refractivity contribution is 4.32. The molecule has 0 aliphatic carbocycles. The minimum absolute atomic E-state index is 0.833. The van der Waals surface area contributed by atoms with E-state index in [9.17, 15) is 0 Å². The Morgan fingerprint density at radius 3 is 0.500 bits per heavy atom. The minimum Gasteiger partial charge on any atom is -0.0683 e. The summed E-state index contributed by atoms with van der Waals surface area (Å²) >= 11 is 0. The van der Waals surface area contributed by atoms with Crippen LogP contribution in [0.1, 0.15) is 137 Å². The van der Waals surface area contributed by atoms with Gasteiger partial charge in [-0.05, 0) is 11.8 Å². The van der Waals surface area contributed by atoms with Crippen LogP contribution in [0, 0.1) is 11.8 Å². The van der Waals surface area contributed by atoms with Gasteiger partial charge in [-0.1, -0.05) is 137 Å². The van der Waals surface area contributed by atoms with Crippen molar-refractivity contribution >= 4 is 0 Å². The molecule has 0 nitrogen and oxygen atoms in total. The summed E-state index contributed by atoms with van der Waals surface area (Å²) in [6.07, 6.45) is 2.56. The molecule has 0 aliphatic rings. The molecule has 0 heterocycles. The third kappa shape index (κ3) is 1800. The Kier molecular flexibility index (Phi) is 295. The third-order valence-electron chi connectivity index (χ3n) is 0.816. The van der Waals surface area contributed by atoms with Gasteiger partial charge in [0.05, 0.1) is 0 Å². The van der Waals surface area contributed by atoms with E-state index in [-0.39, 0.29) is 0 Å². The van der Waals surface area contributed by atoms with Crippen molar-refractivity contribution < 1.29 is 0 Å². The van der Waals surface area contributed by atoms with Crippen LogP contribution in [0.15, 0.2) is 0 Å². The monoisotopic (exact) mass is 324 g/mol. The summed E-state index contributed by atoms with van der Waals surface area (Å²) in [6.45, 7) is 37.4. The molecular weight excluding hydrogens is 264 g/mol. The highest BCUT2D eigenvalue weighted by Gasteiger charge is 1.80. The standard InChI is InChI=1S/C5H12.C4H10.C3H8.5C2H6/c1-4-5(2)3;1-4(2)3;1-3-2;5*1-2/h5H,4H2,1-3H3;4H,1-3H3;3H2,1-2H3;5*1-2H3. The van der Waals surface area contributed by atoms with E-state index in [4.69, 9.17) is 0 Å². The van der Waals surface area contributed by atoms with Gasteiger partial charge in [0.15, 0.2) is 0 Å². The first kappa shape index (κ1) is 49.5. The van der Waals surface area contributed by atoms with Crippen molar-refractivity contribution in [2.75, 3.05) is 0 Å². The van der Waals surface area contributed by atoms with E-state index in [0.29, 0.717) is 0 Å². The molecule has 0 amide bonds. The maximum Gasteiger partial charge on any atom is -0.0474 e. The molecule has 0 radical (unpaired) electrons. The van der Waals surface area contributed by atoms with Crippen molar-refractivity contribution in [2.45, 2.75) is 137 Å². The molecule has 0 spiro atoms. The zero-order valence-electron chi connectivity index (χ0n) is 20.6. The van der Waals surface area contributed by atoms with E-state index < -0.39 is 0 Å². The molecule has 148 valence electrons. The predicted molar refractivity (Wildman–Crippen MR) is 118 cm³/mol. The predicted octanol–water partition coefficient (Wildman–Crippen LogP) is 10.3. The average molecular weight is 325 g/mol. The maximum absolute atomic E-state index is 2.22. The molecule has 0 aromatic rings. The summed E-state index contributed by atoms with van der Waals surface area (Å²) < 4.78 is 0. The molecule has 0 saturated carbocycles. The molecule has 22 heavy (non-hydrogen) atoms. The first-order chi connectivity index (χ1) is 10.4. The Balaban J connectivity index is -0.0000000177. The first-order valence-corrected chi connectivity index (χ1v) is 10.4. The molecule has 0 aromatic heterocycles. The highest BCUT2D eigenvalue weighted by Crippen LogP contribution is 1.93. The van der Waals surface area contributed by atoms with Crippen LogP contribution in [-0.4, -0.2) is 0 Å².